The van der Waals surface area contributed by atoms with Crippen LogP contribution < -0.4 is 9.64 Å². The molecule has 7 heteroatoms. The van der Waals surface area contributed by atoms with Crippen LogP contribution >= 0.6 is 11.8 Å². The minimum atomic E-state index is 0.0722. The number of fused-ring (bicyclic) bond motifs is 1. The molecule has 0 radical (unpaired) electrons. The first-order chi connectivity index (χ1) is 16.2. The van der Waals surface area contributed by atoms with Gasteiger partial charge >= 0.3 is 0 Å². The number of carbonyl (C=O) groups excluding carboxylic acids is 1. The van der Waals surface area contributed by atoms with E-state index in [9.17, 15) is 4.79 Å². The van der Waals surface area contributed by atoms with Crippen molar-refractivity contribution in [1.29, 1.82) is 0 Å². The minimum Gasteiger partial charge on any atom is -0.497 e. The van der Waals surface area contributed by atoms with Crippen molar-refractivity contribution in [1.82, 2.24) is 14.8 Å². The van der Waals surface area contributed by atoms with E-state index in [0.717, 1.165) is 34.9 Å². The molecule has 1 unspecified atom stereocenters. The number of rotatable bonds is 6. The van der Waals surface area contributed by atoms with Crippen LogP contribution in [-0.4, -0.2) is 39.6 Å². The lowest BCUT2D eigenvalue weighted by Crippen LogP contribution is -2.37. The van der Waals surface area contributed by atoms with Gasteiger partial charge in [-0.15, -0.1) is 10.2 Å². The van der Waals surface area contributed by atoms with Gasteiger partial charge in [0.05, 0.1) is 12.9 Å². The molecule has 0 spiro atoms. The Morgan fingerprint density at radius 2 is 1.73 bits per heavy atom. The average Bonchev–Trinajstić information content (AvgIpc) is 3.43. The van der Waals surface area contributed by atoms with Crippen molar-refractivity contribution < 1.29 is 9.53 Å². The number of aromatic nitrogens is 3. The predicted octanol–water partition coefficient (Wildman–Crippen LogP) is 5.01. The SMILES string of the molecule is COc1ccc(-n2c(SCC(=O)N3c4ccccc4CC3C)nnc2-c2ccccc2)cc1. The van der Waals surface area contributed by atoms with E-state index in [0.29, 0.717) is 5.16 Å². The molecular weight excluding hydrogens is 432 g/mol. The zero-order valence-corrected chi connectivity index (χ0v) is 19.3. The second kappa shape index (κ2) is 9.11. The monoisotopic (exact) mass is 456 g/mol. The molecule has 0 fully saturated rings. The highest BCUT2D eigenvalue weighted by Crippen LogP contribution is 2.34. The van der Waals surface area contributed by atoms with E-state index in [4.69, 9.17) is 4.74 Å². The summed E-state index contributed by atoms with van der Waals surface area (Å²) in [4.78, 5) is 15.1. The van der Waals surface area contributed by atoms with Gasteiger partial charge in [-0.2, -0.15) is 0 Å². The maximum absolute atomic E-state index is 13.2. The molecule has 0 aliphatic carbocycles. The Morgan fingerprint density at radius 1 is 1.00 bits per heavy atom. The summed E-state index contributed by atoms with van der Waals surface area (Å²) in [5.41, 5.74) is 4.10. The zero-order chi connectivity index (χ0) is 22.8. The van der Waals surface area contributed by atoms with Crippen LogP contribution in [0.15, 0.2) is 84.0 Å². The Morgan fingerprint density at radius 3 is 2.48 bits per heavy atom. The molecule has 33 heavy (non-hydrogen) atoms. The molecule has 166 valence electrons. The number of amides is 1. The Balaban J connectivity index is 1.45. The molecule has 1 aliphatic heterocycles. The van der Waals surface area contributed by atoms with E-state index in [1.807, 2.05) is 82.3 Å². The normalized spacial score (nSPS) is 14.8. The molecule has 0 saturated heterocycles. The van der Waals surface area contributed by atoms with E-state index in [1.54, 1.807) is 7.11 Å². The third kappa shape index (κ3) is 4.12. The van der Waals surface area contributed by atoms with Gasteiger partial charge in [0.15, 0.2) is 11.0 Å². The molecular formula is C26H24N4O2S. The molecule has 1 aromatic heterocycles. The van der Waals surface area contributed by atoms with Crippen molar-refractivity contribution in [2.45, 2.75) is 24.5 Å². The highest BCUT2D eigenvalue weighted by molar-refractivity contribution is 7.99. The third-order valence-corrected chi connectivity index (χ3v) is 6.71. The van der Waals surface area contributed by atoms with Gasteiger partial charge in [-0.1, -0.05) is 60.3 Å². The number of benzene rings is 3. The summed E-state index contributed by atoms with van der Waals surface area (Å²) < 4.78 is 7.30. The van der Waals surface area contributed by atoms with Gasteiger partial charge in [-0.25, -0.2) is 0 Å². The van der Waals surface area contributed by atoms with Crippen molar-refractivity contribution >= 4 is 23.4 Å². The molecule has 1 amide bonds. The standard InChI is InChI=1S/C26H24N4O2S/c1-18-16-20-10-6-7-11-23(20)29(18)24(31)17-33-26-28-27-25(19-8-4-3-5-9-19)30(26)21-12-14-22(32-2)15-13-21/h3-15,18H,16-17H2,1-2H3. The summed E-state index contributed by atoms with van der Waals surface area (Å²) in [6.07, 6.45) is 0.882. The molecule has 6 nitrogen and oxygen atoms in total. The van der Waals surface area contributed by atoms with Crippen molar-refractivity contribution in [3.05, 3.63) is 84.4 Å². The van der Waals surface area contributed by atoms with Crippen LogP contribution in [0.4, 0.5) is 5.69 Å². The Kier molecular flexibility index (Phi) is 5.88. The summed E-state index contributed by atoms with van der Waals surface area (Å²) in [6, 6.07) is 26.0. The number of para-hydroxylation sites is 1. The molecule has 0 N–H and O–H groups in total. The lowest BCUT2D eigenvalue weighted by atomic mass is 10.1. The largest absolute Gasteiger partial charge is 0.497 e. The van der Waals surface area contributed by atoms with Gasteiger partial charge < -0.3 is 9.64 Å². The smallest absolute Gasteiger partial charge is 0.237 e. The fourth-order valence-electron chi connectivity index (χ4n) is 4.24. The highest BCUT2D eigenvalue weighted by atomic mass is 32.2. The number of thioether (sulfide) groups is 1. The van der Waals surface area contributed by atoms with Crippen LogP contribution in [0.1, 0.15) is 12.5 Å². The molecule has 0 saturated carbocycles. The van der Waals surface area contributed by atoms with Gasteiger partial charge in [-0.3, -0.25) is 9.36 Å². The number of hydrogen-bond acceptors (Lipinski definition) is 5. The third-order valence-electron chi connectivity index (χ3n) is 5.80. The average molecular weight is 457 g/mol. The maximum Gasteiger partial charge on any atom is 0.237 e. The van der Waals surface area contributed by atoms with Crippen LogP contribution in [0.5, 0.6) is 5.75 Å². The van der Waals surface area contributed by atoms with Gasteiger partial charge in [-0.05, 0) is 49.2 Å². The lowest BCUT2D eigenvalue weighted by Gasteiger charge is -2.22. The van der Waals surface area contributed by atoms with E-state index in [1.165, 1.54) is 17.3 Å². The van der Waals surface area contributed by atoms with Gasteiger partial charge in [0.2, 0.25) is 5.91 Å². The predicted molar refractivity (Wildman–Crippen MR) is 131 cm³/mol. The van der Waals surface area contributed by atoms with Crippen LogP contribution in [-0.2, 0) is 11.2 Å². The van der Waals surface area contributed by atoms with E-state index >= 15 is 0 Å². The van der Waals surface area contributed by atoms with Gasteiger partial charge in [0, 0.05) is 23.0 Å². The Bertz CT molecular complexity index is 1270. The summed E-state index contributed by atoms with van der Waals surface area (Å²) in [5, 5.41) is 9.59. The molecule has 1 atom stereocenters. The van der Waals surface area contributed by atoms with Gasteiger partial charge in [0.25, 0.3) is 0 Å². The second-order valence-electron chi connectivity index (χ2n) is 7.94. The second-order valence-corrected chi connectivity index (χ2v) is 8.88. The summed E-state index contributed by atoms with van der Waals surface area (Å²) in [5.74, 6) is 1.86. The van der Waals surface area contributed by atoms with E-state index in [2.05, 4.69) is 23.2 Å². The lowest BCUT2D eigenvalue weighted by molar-refractivity contribution is -0.116. The molecule has 5 rings (SSSR count). The number of ether oxygens (including phenoxy) is 1. The highest BCUT2D eigenvalue weighted by Gasteiger charge is 2.30. The molecule has 4 aromatic rings. The Labute approximate surface area is 197 Å². The topological polar surface area (TPSA) is 60.2 Å². The first-order valence-electron chi connectivity index (χ1n) is 10.8. The Hall–Kier alpha value is -3.58. The summed E-state index contributed by atoms with van der Waals surface area (Å²) in [6.45, 7) is 2.09. The minimum absolute atomic E-state index is 0.0722. The first-order valence-corrected chi connectivity index (χ1v) is 11.8. The maximum atomic E-state index is 13.2. The van der Waals surface area contributed by atoms with Crippen molar-refractivity contribution in [3.63, 3.8) is 0 Å². The number of carbonyl (C=O) groups is 1. The number of nitrogens with zero attached hydrogens (tertiary/aromatic N) is 4. The van der Waals surface area contributed by atoms with Crippen LogP contribution in [0.2, 0.25) is 0 Å². The van der Waals surface area contributed by atoms with Crippen molar-refractivity contribution in [2.24, 2.45) is 0 Å². The quantitative estimate of drug-likeness (QED) is 0.382. The van der Waals surface area contributed by atoms with Crippen molar-refractivity contribution in [2.75, 3.05) is 17.8 Å². The first kappa shape index (κ1) is 21.3. The van der Waals surface area contributed by atoms with Crippen molar-refractivity contribution in [3.8, 4) is 22.8 Å². The molecule has 2 heterocycles. The molecule has 0 bridgehead atoms. The fraction of sp³-hybridized carbons (Fsp3) is 0.192. The van der Waals surface area contributed by atoms with Crippen LogP contribution in [0.3, 0.4) is 0 Å². The molecule has 3 aromatic carbocycles. The number of hydrogen-bond donors (Lipinski definition) is 0. The van der Waals surface area contributed by atoms with Crippen LogP contribution in [0, 0.1) is 0 Å². The van der Waals surface area contributed by atoms with Crippen LogP contribution in [0.25, 0.3) is 17.1 Å². The number of anilines is 1. The zero-order valence-electron chi connectivity index (χ0n) is 18.5. The summed E-state index contributed by atoms with van der Waals surface area (Å²) >= 11 is 1.41. The van der Waals surface area contributed by atoms with E-state index < -0.39 is 0 Å². The fourth-order valence-corrected chi connectivity index (χ4v) is 5.05. The summed E-state index contributed by atoms with van der Waals surface area (Å²) in [7, 11) is 1.65. The van der Waals surface area contributed by atoms with E-state index in [-0.39, 0.29) is 17.7 Å². The number of methoxy groups -OCH3 is 1. The molecule has 1 aliphatic rings. The van der Waals surface area contributed by atoms with Gasteiger partial charge in [0.1, 0.15) is 5.75 Å².